The lowest BCUT2D eigenvalue weighted by atomic mass is 10.4. The van der Waals surface area contributed by atoms with Gasteiger partial charge >= 0.3 is 0 Å². The molecule has 92 valence electrons. The van der Waals surface area contributed by atoms with Crippen LogP contribution in [0.5, 0.6) is 0 Å². The molecule has 5 nitrogen and oxygen atoms in total. The largest absolute Gasteiger partial charge is 0.394 e. The Kier molecular flexibility index (Phi) is 4.16. The summed E-state index contributed by atoms with van der Waals surface area (Å²) in [4.78, 5) is 9.61. The van der Waals surface area contributed by atoms with Gasteiger partial charge in [0.1, 0.15) is 9.86 Å². The van der Waals surface area contributed by atoms with Gasteiger partial charge in [0.15, 0.2) is 0 Å². The van der Waals surface area contributed by atoms with Gasteiger partial charge < -0.3 is 15.5 Å². The van der Waals surface area contributed by atoms with Gasteiger partial charge in [0.2, 0.25) is 5.95 Å². The molecule has 0 aromatic carbocycles. The first-order valence-corrected chi connectivity index (χ1v) is 6.96. The highest BCUT2D eigenvalue weighted by Gasteiger charge is 2.11. The number of rotatable bonds is 5. The molecule has 0 radical (unpaired) electrons. The molecule has 0 spiro atoms. The van der Waals surface area contributed by atoms with E-state index in [1.54, 1.807) is 18.4 Å². The van der Waals surface area contributed by atoms with E-state index in [0.29, 0.717) is 11.7 Å². The van der Waals surface area contributed by atoms with Gasteiger partial charge in [-0.05, 0) is 11.4 Å². The first-order valence-electron chi connectivity index (χ1n) is 5.09. The van der Waals surface area contributed by atoms with Crippen LogP contribution in [0.15, 0.2) is 16.5 Å². The summed E-state index contributed by atoms with van der Waals surface area (Å²) in [7, 11) is 1.77. The monoisotopic (exact) mass is 271 g/mol. The topological polar surface area (TPSA) is 78.3 Å². The van der Waals surface area contributed by atoms with Crippen LogP contribution in [0.25, 0.3) is 10.2 Å². The molecule has 0 saturated heterocycles. The Bertz CT molecular complexity index is 503. The number of anilines is 1. The minimum atomic E-state index is -0.721. The number of thiophene rings is 1. The SMILES string of the molecule is CNc1nc(SCC(O)CO)c2ccsc2n1. The van der Waals surface area contributed by atoms with Crippen molar-refractivity contribution < 1.29 is 10.2 Å². The Morgan fingerprint density at radius 2 is 2.35 bits per heavy atom. The lowest BCUT2D eigenvalue weighted by Crippen LogP contribution is -2.14. The summed E-state index contributed by atoms with van der Waals surface area (Å²) in [6.07, 6.45) is -0.721. The fourth-order valence-corrected chi connectivity index (χ4v) is 3.03. The maximum atomic E-state index is 9.34. The number of fused-ring (bicyclic) bond motifs is 1. The Hall–Kier alpha value is -0.890. The van der Waals surface area contributed by atoms with Crippen molar-refractivity contribution in [2.24, 2.45) is 0 Å². The number of hydrogen-bond donors (Lipinski definition) is 3. The molecular weight excluding hydrogens is 258 g/mol. The molecule has 0 aliphatic rings. The molecule has 0 bridgehead atoms. The van der Waals surface area contributed by atoms with Crippen molar-refractivity contribution in [1.82, 2.24) is 9.97 Å². The number of nitrogens with one attached hydrogen (secondary N) is 1. The van der Waals surface area contributed by atoms with Crippen LogP contribution < -0.4 is 5.32 Å². The maximum absolute atomic E-state index is 9.34. The fourth-order valence-electron chi connectivity index (χ4n) is 1.28. The molecule has 0 aliphatic carbocycles. The van der Waals surface area contributed by atoms with Gasteiger partial charge in [-0.2, -0.15) is 0 Å². The van der Waals surface area contributed by atoms with Crippen LogP contribution in [0.1, 0.15) is 0 Å². The number of aliphatic hydroxyl groups excluding tert-OH is 2. The van der Waals surface area contributed by atoms with Gasteiger partial charge in [-0.25, -0.2) is 9.97 Å². The number of nitrogens with zero attached hydrogens (tertiary/aromatic N) is 2. The highest BCUT2D eigenvalue weighted by molar-refractivity contribution is 7.99. The summed E-state index contributed by atoms with van der Waals surface area (Å²) in [5.41, 5.74) is 0. The third-order valence-corrected chi connectivity index (χ3v) is 4.08. The van der Waals surface area contributed by atoms with Crippen LogP contribution in [0, 0.1) is 0 Å². The molecule has 1 atom stereocenters. The first-order chi connectivity index (χ1) is 8.24. The number of aliphatic hydroxyl groups is 2. The Labute approximate surface area is 107 Å². The lowest BCUT2D eigenvalue weighted by Gasteiger charge is -2.08. The third kappa shape index (κ3) is 2.86. The van der Waals surface area contributed by atoms with Crippen LogP contribution in [0.2, 0.25) is 0 Å². The van der Waals surface area contributed by atoms with Crippen molar-refractivity contribution in [1.29, 1.82) is 0 Å². The van der Waals surface area contributed by atoms with Crippen LogP contribution in [0.4, 0.5) is 5.95 Å². The quantitative estimate of drug-likeness (QED) is 0.560. The van der Waals surface area contributed by atoms with Gasteiger partial charge in [0.05, 0.1) is 12.7 Å². The molecule has 2 aromatic heterocycles. The van der Waals surface area contributed by atoms with Gasteiger partial charge in [-0.15, -0.1) is 23.1 Å². The van der Waals surface area contributed by atoms with E-state index in [0.717, 1.165) is 15.2 Å². The van der Waals surface area contributed by atoms with Crippen molar-refractivity contribution >= 4 is 39.3 Å². The number of thioether (sulfide) groups is 1. The van der Waals surface area contributed by atoms with E-state index < -0.39 is 6.10 Å². The zero-order valence-electron chi connectivity index (χ0n) is 9.25. The molecule has 0 aliphatic heterocycles. The summed E-state index contributed by atoms with van der Waals surface area (Å²) >= 11 is 2.98. The fraction of sp³-hybridized carbons (Fsp3) is 0.400. The molecule has 17 heavy (non-hydrogen) atoms. The standard InChI is InChI=1S/C10H13N3O2S2/c1-11-10-12-8-7(2-3-16-8)9(13-10)17-5-6(15)4-14/h2-3,6,14-15H,4-5H2,1H3,(H,11,12,13). The van der Waals surface area contributed by atoms with E-state index in [9.17, 15) is 5.11 Å². The maximum Gasteiger partial charge on any atom is 0.224 e. The molecular formula is C10H13N3O2S2. The summed E-state index contributed by atoms with van der Waals surface area (Å²) in [5, 5.41) is 24.8. The third-order valence-electron chi connectivity index (χ3n) is 2.14. The summed E-state index contributed by atoms with van der Waals surface area (Å²) in [6.45, 7) is -0.232. The van der Waals surface area contributed by atoms with Crippen LogP contribution in [0.3, 0.4) is 0 Å². The average Bonchev–Trinajstić information content (AvgIpc) is 2.83. The average molecular weight is 271 g/mol. The zero-order valence-corrected chi connectivity index (χ0v) is 10.9. The molecule has 2 rings (SSSR count). The van der Waals surface area contributed by atoms with Gasteiger partial charge in [0, 0.05) is 18.2 Å². The Morgan fingerprint density at radius 1 is 1.53 bits per heavy atom. The van der Waals surface area contributed by atoms with Crippen LogP contribution >= 0.6 is 23.1 Å². The van der Waals surface area contributed by atoms with Crippen LogP contribution in [-0.4, -0.2) is 45.7 Å². The van der Waals surface area contributed by atoms with E-state index in [1.165, 1.54) is 11.8 Å². The lowest BCUT2D eigenvalue weighted by molar-refractivity contribution is 0.113. The van der Waals surface area contributed by atoms with Crippen molar-refractivity contribution in [3.8, 4) is 0 Å². The van der Waals surface area contributed by atoms with Crippen LogP contribution in [-0.2, 0) is 0 Å². The van der Waals surface area contributed by atoms with Gasteiger partial charge in [-0.1, -0.05) is 0 Å². The van der Waals surface area contributed by atoms with Gasteiger partial charge in [-0.3, -0.25) is 0 Å². The van der Waals surface area contributed by atoms with E-state index in [-0.39, 0.29) is 6.61 Å². The number of aromatic nitrogens is 2. The summed E-state index contributed by atoms with van der Waals surface area (Å²) in [6, 6.07) is 1.97. The van der Waals surface area contributed by atoms with E-state index in [2.05, 4.69) is 15.3 Å². The smallest absolute Gasteiger partial charge is 0.224 e. The highest BCUT2D eigenvalue weighted by Crippen LogP contribution is 2.29. The summed E-state index contributed by atoms with van der Waals surface area (Å²) in [5.74, 6) is 0.989. The van der Waals surface area contributed by atoms with Crippen molar-refractivity contribution in [3.63, 3.8) is 0 Å². The molecule has 1 unspecified atom stereocenters. The molecule has 0 saturated carbocycles. The van der Waals surface area contributed by atoms with E-state index in [4.69, 9.17) is 5.11 Å². The van der Waals surface area contributed by atoms with Crippen molar-refractivity contribution in [3.05, 3.63) is 11.4 Å². The normalized spacial score (nSPS) is 12.9. The molecule has 3 N–H and O–H groups in total. The van der Waals surface area contributed by atoms with Crippen molar-refractivity contribution in [2.75, 3.05) is 24.7 Å². The van der Waals surface area contributed by atoms with Gasteiger partial charge in [0.25, 0.3) is 0 Å². The second-order valence-corrected chi connectivity index (χ2v) is 5.29. The molecule has 0 fully saturated rings. The Morgan fingerprint density at radius 3 is 3.06 bits per heavy atom. The Balaban J connectivity index is 2.27. The van der Waals surface area contributed by atoms with E-state index in [1.807, 2.05) is 11.4 Å². The molecule has 7 heteroatoms. The highest BCUT2D eigenvalue weighted by atomic mass is 32.2. The first kappa shape index (κ1) is 12.6. The molecule has 2 heterocycles. The summed E-state index contributed by atoms with van der Waals surface area (Å²) < 4.78 is 0. The van der Waals surface area contributed by atoms with E-state index >= 15 is 0 Å². The minimum absolute atomic E-state index is 0.232. The molecule has 0 amide bonds. The van der Waals surface area contributed by atoms with Crippen molar-refractivity contribution in [2.45, 2.75) is 11.1 Å². The molecule has 2 aromatic rings. The minimum Gasteiger partial charge on any atom is -0.394 e. The predicted molar refractivity (Wildman–Crippen MR) is 70.8 cm³/mol. The second-order valence-electron chi connectivity index (χ2n) is 3.39. The number of hydrogen-bond acceptors (Lipinski definition) is 7. The predicted octanol–water partition coefficient (Wildman–Crippen LogP) is 1.18. The second kappa shape index (κ2) is 5.63. The zero-order chi connectivity index (χ0) is 12.3.